The lowest BCUT2D eigenvalue weighted by atomic mass is 9.99. The van der Waals surface area contributed by atoms with Crippen LogP contribution in [0.25, 0.3) is 0 Å². The van der Waals surface area contributed by atoms with E-state index in [-0.39, 0.29) is 36.5 Å². The molecule has 2 N–H and O–H groups in total. The van der Waals surface area contributed by atoms with E-state index in [1.165, 1.54) is 18.2 Å². The van der Waals surface area contributed by atoms with Crippen LogP contribution in [-0.2, 0) is 11.3 Å². The molecule has 22 heavy (non-hydrogen) atoms. The molecule has 8 heteroatoms. The van der Waals surface area contributed by atoms with Crippen LogP contribution >= 0.6 is 24.0 Å². The van der Waals surface area contributed by atoms with Crippen LogP contribution in [0.1, 0.15) is 18.4 Å². The molecule has 1 amide bonds. The van der Waals surface area contributed by atoms with E-state index in [0.717, 1.165) is 19.4 Å². The fourth-order valence-electron chi connectivity index (χ4n) is 2.30. The molecule has 0 saturated carbocycles. The number of alkyl halides is 2. The average Bonchev–Trinajstić information content (AvgIpc) is 2.47. The van der Waals surface area contributed by atoms with Crippen molar-refractivity contribution in [3.63, 3.8) is 0 Å². The van der Waals surface area contributed by atoms with Gasteiger partial charge in [-0.15, -0.1) is 12.4 Å². The monoisotopic (exact) mass is 354 g/mol. The normalized spacial score (nSPS) is 17.7. The van der Waals surface area contributed by atoms with Gasteiger partial charge in [0.25, 0.3) is 0 Å². The quantitative estimate of drug-likeness (QED) is 0.854. The van der Waals surface area contributed by atoms with Gasteiger partial charge in [0.1, 0.15) is 5.75 Å². The molecule has 1 aromatic rings. The molecule has 1 unspecified atom stereocenters. The number of rotatable bonds is 5. The van der Waals surface area contributed by atoms with Crippen LogP contribution in [0.15, 0.2) is 18.2 Å². The van der Waals surface area contributed by atoms with Gasteiger partial charge in [-0.1, -0.05) is 11.6 Å². The lowest BCUT2D eigenvalue weighted by molar-refractivity contribution is -0.125. The van der Waals surface area contributed by atoms with Crippen LogP contribution in [0.3, 0.4) is 0 Å². The Morgan fingerprint density at radius 3 is 2.91 bits per heavy atom. The maximum absolute atomic E-state index is 12.3. The zero-order chi connectivity index (χ0) is 15.2. The van der Waals surface area contributed by atoms with Crippen LogP contribution < -0.4 is 15.4 Å². The topological polar surface area (TPSA) is 50.4 Å². The smallest absolute Gasteiger partial charge is 0.387 e. The van der Waals surface area contributed by atoms with Gasteiger partial charge in [0.2, 0.25) is 5.91 Å². The molecular formula is C14H18Cl2F2N2O2. The zero-order valence-electron chi connectivity index (χ0n) is 11.8. The van der Waals surface area contributed by atoms with Crippen molar-refractivity contribution in [3.8, 4) is 5.75 Å². The van der Waals surface area contributed by atoms with E-state index in [2.05, 4.69) is 15.4 Å². The van der Waals surface area contributed by atoms with Gasteiger partial charge in [0.05, 0.1) is 5.92 Å². The van der Waals surface area contributed by atoms with Crippen LogP contribution in [-0.4, -0.2) is 25.6 Å². The third-order valence-electron chi connectivity index (χ3n) is 3.36. The summed E-state index contributed by atoms with van der Waals surface area (Å²) >= 11 is 5.85. The van der Waals surface area contributed by atoms with E-state index >= 15 is 0 Å². The molecule has 1 aromatic carbocycles. The second-order valence-electron chi connectivity index (χ2n) is 4.89. The standard InChI is InChI=1S/C14H17ClF2N2O2.ClH/c15-11-3-4-12(21-14(16)17)10(6-11)8-19-13(20)9-2-1-5-18-7-9;/h3-4,6,9,14,18H,1-2,5,7-8H2,(H,19,20);1H. The Labute approximate surface area is 139 Å². The number of hydrogen-bond acceptors (Lipinski definition) is 3. The van der Waals surface area contributed by atoms with Crippen LogP contribution in [0.5, 0.6) is 5.75 Å². The second kappa shape index (κ2) is 9.12. The number of carbonyl (C=O) groups is 1. The predicted molar refractivity (Wildman–Crippen MR) is 82.8 cm³/mol. The fraction of sp³-hybridized carbons (Fsp3) is 0.500. The lowest BCUT2D eigenvalue weighted by Crippen LogP contribution is -2.40. The summed E-state index contributed by atoms with van der Waals surface area (Å²) in [5.41, 5.74) is 0.430. The molecule has 1 fully saturated rings. The molecule has 0 aliphatic carbocycles. The second-order valence-corrected chi connectivity index (χ2v) is 5.33. The predicted octanol–water partition coefficient (Wildman–Crippen LogP) is 2.98. The van der Waals surface area contributed by atoms with Gasteiger partial charge in [0, 0.05) is 23.7 Å². The van der Waals surface area contributed by atoms with Gasteiger partial charge >= 0.3 is 6.61 Å². The van der Waals surface area contributed by atoms with Gasteiger partial charge < -0.3 is 15.4 Å². The van der Waals surface area contributed by atoms with Crippen molar-refractivity contribution < 1.29 is 18.3 Å². The number of carbonyl (C=O) groups excluding carboxylic acids is 1. The van der Waals surface area contributed by atoms with Crippen molar-refractivity contribution >= 4 is 29.9 Å². The highest BCUT2D eigenvalue weighted by Gasteiger charge is 2.21. The molecule has 1 atom stereocenters. The van der Waals surface area contributed by atoms with Gasteiger partial charge in [-0.3, -0.25) is 4.79 Å². The summed E-state index contributed by atoms with van der Waals surface area (Å²) < 4.78 is 29.1. The minimum Gasteiger partial charge on any atom is -0.434 e. The molecule has 2 rings (SSSR count). The van der Waals surface area contributed by atoms with Crippen LogP contribution in [0.2, 0.25) is 5.02 Å². The summed E-state index contributed by atoms with van der Waals surface area (Å²) in [6.07, 6.45) is 1.78. The Balaban J connectivity index is 0.00000242. The first-order valence-electron chi connectivity index (χ1n) is 6.78. The minimum absolute atomic E-state index is 0. The van der Waals surface area contributed by atoms with Crippen molar-refractivity contribution in [3.05, 3.63) is 28.8 Å². The van der Waals surface area contributed by atoms with Gasteiger partial charge in [-0.2, -0.15) is 8.78 Å². The number of amides is 1. The number of nitrogens with one attached hydrogen (secondary N) is 2. The van der Waals surface area contributed by atoms with Crippen molar-refractivity contribution in [2.75, 3.05) is 13.1 Å². The summed E-state index contributed by atoms with van der Waals surface area (Å²) in [4.78, 5) is 12.0. The highest BCUT2D eigenvalue weighted by Crippen LogP contribution is 2.24. The molecule has 1 aliphatic rings. The number of hydrogen-bond donors (Lipinski definition) is 2. The van der Waals surface area contributed by atoms with E-state index < -0.39 is 6.61 Å². The maximum Gasteiger partial charge on any atom is 0.387 e. The average molecular weight is 355 g/mol. The summed E-state index contributed by atoms with van der Waals surface area (Å²) in [7, 11) is 0. The van der Waals surface area contributed by atoms with Crippen molar-refractivity contribution in [1.82, 2.24) is 10.6 Å². The van der Waals surface area contributed by atoms with E-state index in [9.17, 15) is 13.6 Å². The summed E-state index contributed by atoms with van der Waals surface area (Å²) in [5.74, 6) is -0.154. The molecule has 1 saturated heterocycles. The lowest BCUT2D eigenvalue weighted by Gasteiger charge is -2.22. The minimum atomic E-state index is -2.91. The molecule has 0 aromatic heterocycles. The third kappa shape index (κ3) is 5.59. The molecular weight excluding hydrogens is 337 g/mol. The zero-order valence-corrected chi connectivity index (χ0v) is 13.4. The summed E-state index contributed by atoms with van der Waals surface area (Å²) in [5, 5.41) is 6.30. The SMILES string of the molecule is Cl.O=C(NCc1cc(Cl)ccc1OC(F)F)C1CCCNC1. The molecule has 0 radical (unpaired) electrons. The van der Waals surface area contributed by atoms with Gasteiger partial charge in [-0.25, -0.2) is 0 Å². The molecule has 1 heterocycles. The Morgan fingerprint density at radius 1 is 1.50 bits per heavy atom. The first kappa shape index (κ1) is 18.9. The Morgan fingerprint density at radius 2 is 2.27 bits per heavy atom. The number of benzene rings is 1. The largest absolute Gasteiger partial charge is 0.434 e. The fourth-order valence-corrected chi connectivity index (χ4v) is 2.49. The Kier molecular flexibility index (Phi) is 7.85. The number of halogens is 4. The molecule has 1 aliphatic heterocycles. The van der Waals surface area contributed by atoms with Gasteiger partial charge in [-0.05, 0) is 37.6 Å². The number of ether oxygens (including phenoxy) is 1. The maximum atomic E-state index is 12.3. The van der Waals surface area contributed by atoms with Crippen LogP contribution in [0.4, 0.5) is 8.78 Å². The third-order valence-corrected chi connectivity index (χ3v) is 3.59. The molecule has 4 nitrogen and oxygen atoms in total. The van der Waals surface area contributed by atoms with Crippen molar-refractivity contribution in [1.29, 1.82) is 0 Å². The highest BCUT2D eigenvalue weighted by molar-refractivity contribution is 6.30. The number of piperidine rings is 1. The van der Waals surface area contributed by atoms with Crippen molar-refractivity contribution in [2.24, 2.45) is 5.92 Å². The first-order valence-corrected chi connectivity index (χ1v) is 7.15. The van der Waals surface area contributed by atoms with Crippen molar-refractivity contribution in [2.45, 2.75) is 26.0 Å². The van der Waals surface area contributed by atoms with E-state index in [0.29, 0.717) is 17.1 Å². The first-order chi connectivity index (χ1) is 10.1. The summed E-state index contributed by atoms with van der Waals surface area (Å²) in [6.45, 7) is -1.24. The molecule has 0 bridgehead atoms. The molecule has 0 spiro atoms. The van der Waals surface area contributed by atoms with E-state index in [4.69, 9.17) is 11.6 Å². The summed E-state index contributed by atoms with van der Waals surface area (Å²) in [6, 6.07) is 4.35. The Hall–Kier alpha value is -1.11. The molecule has 124 valence electrons. The van der Waals surface area contributed by atoms with E-state index in [1.807, 2.05) is 0 Å². The van der Waals surface area contributed by atoms with Crippen LogP contribution in [0, 0.1) is 5.92 Å². The Bertz CT molecular complexity index is 498. The van der Waals surface area contributed by atoms with E-state index in [1.54, 1.807) is 0 Å². The van der Waals surface area contributed by atoms with Gasteiger partial charge in [0.15, 0.2) is 0 Å². The highest BCUT2D eigenvalue weighted by atomic mass is 35.5.